The van der Waals surface area contributed by atoms with Crippen LogP contribution in [0.25, 0.3) is 0 Å². The molecule has 124 valence electrons. The summed E-state index contributed by atoms with van der Waals surface area (Å²) >= 11 is 0. The van der Waals surface area contributed by atoms with Gasteiger partial charge in [-0.3, -0.25) is 14.4 Å². The van der Waals surface area contributed by atoms with Crippen LogP contribution in [0.2, 0.25) is 0 Å². The lowest BCUT2D eigenvalue weighted by atomic mass is 9.87. The van der Waals surface area contributed by atoms with Crippen molar-refractivity contribution in [3.8, 4) is 0 Å². The van der Waals surface area contributed by atoms with Crippen LogP contribution < -0.4 is 0 Å². The number of hydrogen-bond acceptors (Lipinski definition) is 5. The first-order valence-electron chi connectivity index (χ1n) is 5.53. The maximum absolute atomic E-state index is 12.4. The van der Waals surface area contributed by atoms with Crippen LogP contribution in [0.3, 0.4) is 0 Å². The van der Waals surface area contributed by atoms with E-state index >= 15 is 0 Å². The van der Waals surface area contributed by atoms with E-state index in [1.807, 2.05) is 0 Å². The Morgan fingerprint density at radius 3 is 2.00 bits per heavy atom. The standard InChI is InChI=1S/C11H8F6O5/c1-4-2-5(18)7(8(20)22-4)6(19)3-9(21,10(12,13)14)11(15,16)17/h2,7,21H,3H2,1H3/t7-/m0/s1. The van der Waals surface area contributed by atoms with Crippen molar-refractivity contribution < 1.29 is 50.6 Å². The third kappa shape index (κ3) is 3.13. The van der Waals surface area contributed by atoms with Crippen LogP contribution in [0, 0.1) is 5.92 Å². The summed E-state index contributed by atoms with van der Waals surface area (Å²) in [6.45, 7) is 1.12. The van der Waals surface area contributed by atoms with Gasteiger partial charge in [-0.15, -0.1) is 0 Å². The molecular formula is C11H8F6O5. The third-order valence-electron chi connectivity index (χ3n) is 2.82. The molecule has 0 saturated heterocycles. The number of ether oxygens (including phenoxy) is 1. The van der Waals surface area contributed by atoms with E-state index in [0.29, 0.717) is 6.08 Å². The molecule has 0 saturated carbocycles. The van der Waals surface area contributed by atoms with Crippen LogP contribution in [-0.2, 0) is 19.1 Å². The topological polar surface area (TPSA) is 80.7 Å². The lowest BCUT2D eigenvalue weighted by Crippen LogP contribution is -2.59. The third-order valence-corrected chi connectivity index (χ3v) is 2.82. The lowest BCUT2D eigenvalue weighted by Gasteiger charge is -2.32. The predicted molar refractivity (Wildman–Crippen MR) is 55.0 cm³/mol. The molecule has 1 atom stereocenters. The SMILES string of the molecule is CC1=CC(=O)[C@@H](C(=O)CC(O)(C(F)(F)F)C(F)(F)F)C(=O)O1. The van der Waals surface area contributed by atoms with Gasteiger partial charge in [0.25, 0.3) is 5.60 Å². The molecule has 1 aliphatic heterocycles. The number of rotatable bonds is 3. The summed E-state index contributed by atoms with van der Waals surface area (Å²) < 4.78 is 79.0. The normalized spacial score (nSPS) is 20.5. The average molecular weight is 334 g/mol. The van der Waals surface area contributed by atoms with E-state index in [2.05, 4.69) is 4.74 Å². The van der Waals surface area contributed by atoms with Crippen molar-refractivity contribution in [1.29, 1.82) is 0 Å². The Kier molecular flexibility index (Phi) is 4.43. The van der Waals surface area contributed by atoms with Gasteiger partial charge >= 0.3 is 18.3 Å². The number of Topliss-reactive ketones (excluding diaryl/α,β-unsaturated/α-hetero) is 1. The van der Waals surface area contributed by atoms with Gasteiger partial charge in [0.15, 0.2) is 17.5 Å². The number of halogens is 6. The van der Waals surface area contributed by atoms with Crippen LogP contribution in [-0.4, -0.2) is 40.6 Å². The number of alkyl halides is 6. The summed E-state index contributed by atoms with van der Waals surface area (Å²) in [6, 6.07) is 0. The second-order valence-electron chi connectivity index (χ2n) is 4.51. The minimum Gasteiger partial charge on any atom is -0.430 e. The van der Waals surface area contributed by atoms with E-state index in [4.69, 9.17) is 5.11 Å². The van der Waals surface area contributed by atoms with E-state index in [1.54, 1.807) is 0 Å². The largest absolute Gasteiger partial charge is 0.430 e. The van der Waals surface area contributed by atoms with Crippen molar-refractivity contribution >= 4 is 17.5 Å². The molecule has 0 aromatic heterocycles. The van der Waals surface area contributed by atoms with Gasteiger partial charge < -0.3 is 9.84 Å². The van der Waals surface area contributed by atoms with E-state index in [1.165, 1.54) is 0 Å². The lowest BCUT2D eigenvalue weighted by molar-refractivity contribution is -0.367. The van der Waals surface area contributed by atoms with Crippen molar-refractivity contribution in [3.63, 3.8) is 0 Å². The number of hydrogen-bond donors (Lipinski definition) is 1. The quantitative estimate of drug-likeness (QED) is 0.480. The zero-order chi connectivity index (χ0) is 17.5. The molecule has 0 spiro atoms. The zero-order valence-corrected chi connectivity index (χ0v) is 10.7. The molecule has 0 radical (unpaired) electrons. The summed E-state index contributed by atoms with van der Waals surface area (Å²) in [5.74, 6) is -7.69. The summed E-state index contributed by atoms with van der Waals surface area (Å²) in [6.07, 6.45) is -14.4. The average Bonchev–Trinajstić information content (AvgIpc) is 2.23. The smallest absolute Gasteiger partial charge is 0.426 e. The van der Waals surface area contributed by atoms with Crippen LogP contribution >= 0.6 is 0 Å². The van der Waals surface area contributed by atoms with E-state index in [9.17, 15) is 40.7 Å². The number of aliphatic hydroxyl groups is 1. The molecule has 1 heterocycles. The molecule has 0 fully saturated rings. The number of allylic oxidation sites excluding steroid dienone is 2. The number of carbonyl (C=O) groups excluding carboxylic acids is 3. The van der Waals surface area contributed by atoms with E-state index < -0.39 is 47.8 Å². The zero-order valence-electron chi connectivity index (χ0n) is 10.7. The van der Waals surface area contributed by atoms with E-state index in [-0.39, 0.29) is 5.76 Å². The Bertz CT molecular complexity index is 530. The molecular weight excluding hydrogens is 326 g/mol. The number of ketones is 2. The Morgan fingerprint density at radius 2 is 1.64 bits per heavy atom. The molecule has 5 nitrogen and oxygen atoms in total. The summed E-state index contributed by atoms with van der Waals surface area (Å²) in [5.41, 5.74) is -5.37. The van der Waals surface area contributed by atoms with Crippen LogP contribution in [0.4, 0.5) is 26.3 Å². The van der Waals surface area contributed by atoms with Crippen LogP contribution in [0.1, 0.15) is 13.3 Å². The molecule has 0 unspecified atom stereocenters. The van der Waals surface area contributed by atoms with Crippen molar-refractivity contribution in [2.75, 3.05) is 0 Å². The highest BCUT2D eigenvalue weighted by Crippen LogP contribution is 2.45. The van der Waals surface area contributed by atoms with Crippen LogP contribution in [0.15, 0.2) is 11.8 Å². The van der Waals surface area contributed by atoms with E-state index in [0.717, 1.165) is 6.92 Å². The Balaban J connectivity index is 3.14. The van der Waals surface area contributed by atoms with Gasteiger partial charge in [-0.05, 0) is 6.92 Å². The highest BCUT2D eigenvalue weighted by molar-refractivity contribution is 6.22. The number of carbonyl (C=O) groups is 3. The molecule has 1 rings (SSSR count). The molecule has 1 aliphatic rings. The molecule has 1 N–H and O–H groups in total. The molecule has 0 aromatic rings. The van der Waals surface area contributed by atoms with Gasteiger partial charge in [0.05, 0.1) is 6.42 Å². The summed E-state index contributed by atoms with van der Waals surface area (Å²) in [5, 5.41) is 8.86. The van der Waals surface area contributed by atoms with Gasteiger partial charge in [-0.1, -0.05) is 0 Å². The minimum absolute atomic E-state index is 0.263. The summed E-state index contributed by atoms with van der Waals surface area (Å²) in [7, 11) is 0. The molecule has 0 aliphatic carbocycles. The fourth-order valence-corrected chi connectivity index (χ4v) is 1.65. The van der Waals surface area contributed by atoms with Gasteiger partial charge in [0.1, 0.15) is 5.76 Å². The molecule has 0 amide bonds. The van der Waals surface area contributed by atoms with Gasteiger partial charge in [0, 0.05) is 6.08 Å². The number of cyclic esters (lactones) is 1. The van der Waals surface area contributed by atoms with Crippen molar-refractivity contribution in [3.05, 3.63) is 11.8 Å². The molecule has 0 bridgehead atoms. The second-order valence-corrected chi connectivity index (χ2v) is 4.51. The van der Waals surface area contributed by atoms with Crippen molar-refractivity contribution in [2.45, 2.75) is 31.3 Å². The first-order valence-corrected chi connectivity index (χ1v) is 5.53. The minimum atomic E-state index is -6.23. The Morgan fingerprint density at radius 1 is 1.18 bits per heavy atom. The predicted octanol–water partition coefficient (Wildman–Crippen LogP) is 1.45. The van der Waals surface area contributed by atoms with Gasteiger partial charge in [0.2, 0.25) is 0 Å². The summed E-state index contributed by atoms with van der Waals surface area (Å²) in [4.78, 5) is 34.2. The molecule has 11 heteroatoms. The maximum atomic E-state index is 12.4. The van der Waals surface area contributed by atoms with Gasteiger partial charge in [-0.2, -0.15) is 26.3 Å². The first kappa shape index (κ1) is 18.1. The fraction of sp³-hybridized carbons (Fsp3) is 0.545. The van der Waals surface area contributed by atoms with Crippen molar-refractivity contribution in [2.24, 2.45) is 5.92 Å². The van der Waals surface area contributed by atoms with Crippen LogP contribution in [0.5, 0.6) is 0 Å². The first-order chi connectivity index (χ1) is 9.70. The molecule has 0 aromatic carbocycles. The Labute approximate surface area is 118 Å². The number of esters is 1. The highest BCUT2D eigenvalue weighted by atomic mass is 19.4. The molecule has 22 heavy (non-hydrogen) atoms. The Hall–Kier alpha value is -1.91. The second kappa shape index (κ2) is 5.38. The van der Waals surface area contributed by atoms with Crippen molar-refractivity contribution in [1.82, 2.24) is 0 Å². The van der Waals surface area contributed by atoms with Gasteiger partial charge in [-0.25, -0.2) is 0 Å². The highest BCUT2D eigenvalue weighted by Gasteiger charge is 2.71. The fourth-order valence-electron chi connectivity index (χ4n) is 1.65. The maximum Gasteiger partial charge on any atom is 0.426 e. The monoisotopic (exact) mass is 334 g/mol.